The highest BCUT2D eigenvalue weighted by Crippen LogP contribution is 2.28. The van der Waals surface area contributed by atoms with Crippen LogP contribution in [-0.2, 0) is 4.79 Å². The number of carbonyl (C=O) groups excluding carboxylic acids is 1. The van der Waals surface area contributed by atoms with E-state index < -0.39 is 17.4 Å². The molecular weight excluding hydrogens is 343 g/mol. The predicted octanol–water partition coefficient (Wildman–Crippen LogP) is 4.23. The molecule has 0 saturated heterocycles. The van der Waals surface area contributed by atoms with Crippen LogP contribution in [0.5, 0.6) is 5.75 Å². The quantitative estimate of drug-likeness (QED) is 0.643. The number of nitro groups is 1. The molecule has 0 bridgehead atoms. The number of benzene rings is 2. The first kappa shape index (κ1) is 17.1. The summed E-state index contributed by atoms with van der Waals surface area (Å²) in [6, 6.07) is 9.12. The summed E-state index contributed by atoms with van der Waals surface area (Å²) in [5, 5.41) is 14.3. The SMILES string of the molecule is Cc1ccc(OCC(=O)Nc2cc(Cl)ccc2Cl)c([N+](=O)[O-])c1. The van der Waals surface area contributed by atoms with Crippen LogP contribution in [0.3, 0.4) is 0 Å². The van der Waals surface area contributed by atoms with E-state index in [1.54, 1.807) is 25.1 Å². The lowest BCUT2D eigenvalue weighted by atomic mass is 10.2. The van der Waals surface area contributed by atoms with Crippen molar-refractivity contribution < 1.29 is 14.5 Å². The Labute approximate surface area is 142 Å². The van der Waals surface area contributed by atoms with Crippen molar-refractivity contribution in [2.75, 3.05) is 11.9 Å². The lowest BCUT2D eigenvalue weighted by Crippen LogP contribution is -2.20. The number of carbonyl (C=O) groups is 1. The molecule has 0 fully saturated rings. The van der Waals surface area contributed by atoms with E-state index in [9.17, 15) is 14.9 Å². The van der Waals surface area contributed by atoms with Crippen LogP contribution in [0.4, 0.5) is 11.4 Å². The molecule has 0 aliphatic heterocycles. The average Bonchev–Trinajstić information content (AvgIpc) is 2.49. The molecule has 0 aliphatic rings. The Bertz CT molecular complexity index is 765. The van der Waals surface area contributed by atoms with Crippen molar-refractivity contribution in [2.24, 2.45) is 0 Å². The summed E-state index contributed by atoms with van der Waals surface area (Å²) in [5.74, 6) is -0.489. The van der Waals surface area contributed by atoms with Crippen molar-refractivity contribution in [3.8, 4) is 5.75 Å². The fraction of sp³-hybridized carbons (Fsp3) is 0.133. The van der Waals surface area contributed by atoms with Gasteiger partial charge >= 0.3 is 5.69 Å². The van der Waals surface area contributed by atoms with E-state index >= 15 is 0 Å². The summed E-state index contributed by atoms with van der Waals surface area (Å²) in [6.07, 6.45) is 0. The summed E-state index contributed by atoms with van der Waals surface area (Å²) in [4.78, 5) is 22.3. The van der Waals surface area contributed by atoms with Crippen LogP contribution in [0, 0.1) is 17.0 Å². The standard InChI is InChI=1S/C15H12Cl2N2O4/c1-9-2-5-14(13(6-9)19(21)22)23-8-15(20)18-12-7-10(16)3-4-11(12)17/h2-7H,8H2,1H3,(H,18,20). The monoisotopic (exact) mass is 354 g/mol. The number of amides is 1. The Morgan fingerprint density at radius 3 is 2.70 bits per heavy atom. The van der Waals surface area contributed by atoms with Crippen molar-refractivity contribution in [3.05, 3.63) is 62.1 Å². The zero-order valence-electron chi connectivity index (χ0n) is 12.0. The van der Waals surface area contributed by atoms with E-state index in [0.29, 0.717) is 15.7 Å². The van der Waals surface area contributed by atoms with E-state index in [4.69, 9.17) is 27.9 Å². The van der Waals surface area contributed by atoms with Crippen LogP contribution in [0.1, 0.15) is 5.56 Å². The van der Waals surface area contributed by atoms with Crippen LogP contribution >= 0.6 is 23.2 Å². The van der Waals surface area contributed by atoms with Crippen molar-refractivity contribution in [1.29, 1.82) is 0 Å². The van der Waals surface area contributed by atoms with Crippen molar-refractivity contribution in [2.45, 2.75) is 6.92 Å². The highest BCUT2D eigenvalue weighted by atomic mass is 35.5. The molecule has 0 saturated carbocycles. The van der Waals surface area contributed by atoms with Gasteiger partial charge in [-0.2, -0.15) is 0 Å². The molecule has 2 rings (SSSR count). The third-order valence-electron chi connectivity index (χ3n) is 2.87. The smallest absolute Gasteiger partial charge is 0.311 e. The summed E-state index contributed by atoms with van der Waals surface area (Å²) in [6.45, 7) is 1.33. The van der Waals surface area contributed by atoms with Gasteiger partial charge in [-0.3, -0.25) is 14.9 Å². The molecule has 1 amide bonds. The molecule has 8 heteroatoms. The number of aryl methyl sites for hydroxylation is 1. The molecule has 0 aromatic heterocycles. The minimum Gasteiger partial charge on any atom is -0.477 e. The molecule has 0 unspecified atom stereocenters. The number of hydrogen-bond donors (Lipinski definition) is 1. The lowest BCUT2D eigenvalue weighted by molar-refractivity contribution is -0.385. The molecule has 0 heterocycles. The highest BCUT2D eigenvalue weighted by Gasteiger charge is 2.16. The minimum atomic E-state index is -0.561. The Morgan fingerprint density at radius 1 is 1.26 bits per heavy atom. The Balaban J connectivity index is 2.05. The number of nitrogens with zero attached hydrogens (tertiary/aromatic N) is 1. The zero-order valence-corrected chi connectivity index (χ0v) is 13.5. The maximum atomic E-state index is 11.9. The molecule has 1 N–H and O–H groups in total. The largest absolute Gasteiger partial charge is 0.477 e. The van der Waals surface area contributed by atoms with Gasteiger partial charge in [0.1, 0.15) is 0 Å². The van der Waals surface area contributed by atoms with Gasteiger partial charge in [-0.1, -0.05) is 29.3 Å². The molecule has 0 aliphatic carbocycles. The summed E-state index contributed by atoms with van der Waals surface area (Å²) in [7, 11) is 0. The second kappa shape index (κ2) is 7.30. The number of nitrogens with one attached hydrogen (secondary N) is 1. The van der Waals surface area contributed by atoms with Gasteiger partial charge in [0.2, 0.25) is 0 Å². The minimum absolute atomic E-state index is 0.0212. The van der Waals surface area contributed by atoms with Gasteiger partial charge in [0.15, 0.2) is 12.4 Å². The first-order chi connectivity index (χ1) is 10.9. The Hall–Kier alpha value is -2.31. The molecule has 6 nitrogen and oxygen atoms in total. The van der Waals surface area contributed by atoms with Crippen LogP contribution in [0.25, 0.3) is 0 Å². The normalized spacial score (nSPS) is 10.2. The fourth-order valence-corrected chi connectivity index (χ4v) is 2.15. The number of hydrogen-bond acceptors (Lipinski definition) is 4. The van der Waals surface area contributed by atoms with Crippen molar-refractivity contribution in [1.82, 2.24) is 0 Å². The van der Waals surface area contributed by atoms with Crippen LogP contribution < -0.4 is 10.1 Å². The number of anilines is 1. The zero-order chi connectivity index (χ0) is 17.0. The van der Waals surface area contributed by atoms with Gasteiger partial charge in [-0.05, 0) is 36.8 Å². The third-order valence-corrected chi connectivity index (χ3v) is 3.44. The Morgan fingerprint density at radius 2 is 2.00 bits per heavy atom. The summed E-state index contributed by atoms with van der Waals surface area (Å²) < 4.78 is 5.23. The van der Waals surface area contributed by atoms with E-state index in [-0.39, 0.29) is 11.4 Å². The molecule has 0 spiro atoms. The maximum absolute atomic E-state index is 11.9. The first-order valence-corrected chi connectivity index (χ1v) is 7.25. The van der Waals surface area contributed by atoms with Gasteiger partial charge in [0.05, 0.1) is 15.6 Å². The second-order valence-electron chi connectivity index (χ2n) is 4.69. The topological polar surface area (TPSA) is 81.5 Å². The average molecular weight is 355 g/mol. The summed E-state index contributed by atoms with van der Waals surface area (Å²) in [5.41, 5.74) is 0.865. The lowest BCUT2D eigenvalue weighted by Gasteiger charge is -2.09. The van der Waals surface area contributed by atoms with E-state index in [1.165, 1.54) is 18.2 Å². The molecule has 0 radical (unpaired) electrons. The molecular formula is C15H12Cl2N2O4. The number of rotatable bonds is 5. The van der Waals surface area contributed by atoms with Gasteiger partial charge in [-0.25, -0.2) is 0 Å². The number of halogens is 2. The van der Waals surface area contributed by atoms with Gasteiger partial charge in [0, 0.05) is 11.1 Å². The number of ether oxygens (including phenoxy) is 1. The van der Waals surface area contributed by atoms with Crippen LogP contribution in [0.2, 0.25) is 10.0 Å². The van der Waals surface area contributed by atoms with Crippen molar-refractivity contribution in [3.63, 3.8) is 0 Å². The third kappa shape index (κ3) is 4.58. The van der Waals surface area contributed by atoms with Crippen molar-refractivity contribution >= 4 is 40.5 Å². The van der Waals surface area contributed by atoms with E-state index in [0.717, 1.165) is 5.56 Å². The highest BCUT2D eigenvalue weighted by molar-refractivity contribution is 6.35. The van der Waals surface area contributed by atoms with Gasteiger partial charge < -0.3 is 10.1 Å². The first-order valence-electron chi connectivity index (χ1n) is 6.49. The van der Waals surface area contributed by atoms with Gasteiger partial charge in [-0.15, -0.1) is 0 Å². The maximum Gasteiger partial charge on any atom is 0.311 e. The Kier molecular flexibility index (Phi) is 5.41. The van der Waals surface area contributed by atoms with Crippen LogP contribution in [-0.4, -0.2) is 17.4 Å². The van der Waals surface area contributed by atoms with Crippen LogP contribution in [0.15, 0.2) is 36.4 Å². The summed E-state index contributed by atoms with van der Waals surface area (Å²) >= 11 is 11.8. The van der Waals surface area contributed by atoms with E-state index in [2.05, 4.69) is 5.32 Å². The van der Waals surface area contributed by atoms with Gasteiger partial charge in [0.25, 0.3) is 5.91 Å². The molecule has 23 heavy (non-hydrogen) atoms. The predicted molar refractivity (Wildman–Crippen MR) is 88.4 cm³/mol. The molecule has 2 aromatic rings. The van der Waals surface area contributed by atoms with E-state index in [1.807, 2.05) is 0 Å². The fourth-order valence-electron chi connectivity index (χ4n) is 1.82. The number of nitro benzene ring substituents is 1. The molecule has 0 atom stereocenters. The second-order valence-corrected chi connectivity index (χ2v) is 5.53. The molecule has 2 aromatic carbocycles. The molecule has 120 valence electrons.